The van der Waals surface area contributed by atoms with Crippen LogP contribution in [-0.2, 0) is 14.3 Å². The molecule has 0 aromatic carbocycles. The third-order valence-corrected chi connectivity index (χ3v) is 18.2. The standard InChI is InChI=1S/C79H151NO5/c1-3-5-7-9-11-13-15-17-19-21-40-43-47-51-55-59-63-67-71-77(82)76(75-81)80-78(83)72-68-64-60-56-52-48-44-41-37-35-33-31-29-27-25-23-22-24-26-28-30-32-34-36-38-42-46-50-54-58-62-66-70-74-85-79(84)73-69-65-61-57-53-49-45-39-20-18-16-14-12-10-8-6-4-2/h26,28,32,34,67,71,76-77,81-82H,3-25,27,29-31,33,35-66,68-70,72-75H2,1-2H3,(H,80,83)/b28-26-,34-32-,71-67+. The maximum Gasteiger partial charge on any atom is 0.305 e. The van der Waals surface area contributed by atoms with Crippen LogP contribution in [0.5, 0.6) is 0 Å². The maximum atomic E-state index is 12.5. The number of carbonyl (C=O) groups is 2. The van der Waals surface area contributed by atoms with E-state index in [4.69, 9.17) is 4.74 Å². The molecular formula is C79H151NO5. The number of rotatable bonds is 73. The van der Waals surface area contributed by atoms with Crippen molar-refractivity contribution in [2.45, 2.75) is 443 Å². The molecule has 0 rings (SSSR count). The van der Waals surface area contributed by atoms with Gasteiger partial charge >= 0.3 is 5.97 Å². The van der Waals surface area contributed by atoms with Crippen molar-refractivity contribution in [2.24, 2.45) is 0 Å². The zero-order valence-corrected chi connectivity index (χ0v) is 57.6. The van der Waals surface area contributed by atoms with Crippen LogP contribution in [0.4, 0.5) is 0 Å². The highest BCUT2D eigenvalue weighted by Gasteiger charge is 2.18. The van der Waals surface area contributed by atoms with Crippen LogP contribution in [0.1, 0.15) is 431 Å². The van der Waals surface area contributed by atoms with Crippen LogP contribution in [0.3, 0.4) is 0 Å². The highest BCUT2D eigenvalue weighted by Crippen LogP contribution is 2.19. The van der Waals surface area contributed by atoms with E-state index in [0.29, 0.717) is 19.4 Å². The lowest BCUT2D eigenvalue weighted by Crippen LogP contribution is -2.45. The molecule has 0 radical (unpaired) electrons. The van der Waals surface area contributed by atoms with Gasteiger partial charge in [0.15, 0.2) is 0 Å². The molecule has 1 amide bonds. The number of hydrogen-bond acceptors (Lipinski definition) is 5. The van der Waals surface area contributed by atoms with E-state index in [0.717, 1.165) is 44.9 Å². The average molecular weight is 1200 g/mol. The van der Waals surface area contributed by atoms with Crippen molar-refractivity contribution >= 4 is 11.9 Å². The molecule has 502 valence electrons. The molecule has 0 aliphatic carbocycles. The van der Waals surface area contributed by atoms with E-state index in [1.165, 1.54) is 360 Å². The summed E-state index contributed by atoms with van der Waals surface area (Å²) in [6, 6.07) is -0.627. The lowest BCUT2D eigenvalue weighted by Gasteiger charge is -2.20. The monoisotopic (exact) mass is 1190 g/mol. The topological polar surface area (TPSA) is 95.9 Å². The van der Waals surface area contributed by atoms with Crippen molar-refractivity contribution in [3.05, 3.63) is 36.5 Å². The summed E-state index contributed by atoms with van der Waals surface area (Å²) in [5.41, 5.74) is 0. The van der Waals surface area contributed by atoms with Crippen LogP contribution in [0.15, 0.2) is 36.5 Å². The lowest BCUT2D eigenvalue weighted by atomic mass is 10.0. The number of aliphatic hydroxyl groups excluding tert-OH is 2. The predicted molar refractivity (Wildman–Crippen MR) is 375 cm³/mol. The zero-order chi connectivity index (χ0) is 61.3. The molecule has 0 bridgehead atoms. The van der Waals surface area contributed by atoms with Crippen molar-refractivity contribution in [1.82, 2.24) is 5.32 Å². The fourth-order valence-electron chi connectivity index (χ4n) is 12.3. The van der Waals surface area contributed by atoms with Crippen molar-refractivity contribution < 1.29 is 24.5 Å². The van der Waals surface area contributed by atoms with E-state index < -0.39 is 12.1 Å². The maximum absolute atomic E-state index is 12.5. The van der Waals surface area contributed by atoms with E-state index in [-0.39, 0.29) is 18.5 Å². The molecule has 0 aliphatic rings. The van der Waals surface area contributed by atoms with Gasteiger partial charge in [-0.05, 0) is 64.2 Å². The molecule has 0 fully saturated rings. The number of aliphatic hydroxyl groups is 2. The van der Waals surface area contributed by atoms with E-state index >= 15 is 0 Å². The molecule has 2 atom stereocenters. The number of esters is 1. The van der Waals surface area contributed by atoms with Crippen LogP contribution in [0, 0.1) is 0 Å². The molecule has 0 heterocycles. The Morgan fingerprint density at radius 2 is 0.588 bits per heavy atom. The minimum Gasteiger partial charge on any atom is -0.466 e. The normalized spacial score (nSPS) is 12.7. The molecule has 0 saturated heterocycles. The third kappa shape index (κ3) is 71.0. The van der Waals surface area contributed by atoms with Crippen LogP contribution in [0.2, 0.25) is 0 Å². The van der Waals surface area contributed by atoms with Gasteiger partial charge in [0.25, 0.3) is 0 Å². The van der Waals surface area contributed by atoms with Gasteiger partial charge in [0, 0.05) is 12.8 Å². The van der Waals surface area contributed by atoms with Gasteiger partial charge in [0.05, 0.1) is 25.4 Å². The Balaban J connectivity index is 3.38. The first-order valence-corrected chi connectivity index (χ1v) is 38.8. The molecule has 6 nitrogen and oxygen atoms in total. The molecule has 3 N–H and O–H groups in total. The quantitative estimate of drug-likeness (QED) is 0.0320. The summed E-state index contributed by atoms with van der Waals surface area (Å²) in [6.07, 6.45) is 96.9. The van der Waals surface area contributed by atoms with Gasteiger partial charge in [-0.1, -0.05) is 391 Å². The summed E-state index contributed by atoms with van der Waals surface area (Å²) in [5.74, 6) is -0.0439. The number of hydrogen-bond donors (Lipinski definition) is 3. The Hall–Kier alpha value is -1.92. The first-order chi connectivity index (χ1) is 42.0. The van der Waals surface area contributed by atoms with Crippen molar-refractivity contribution in [3.63, 3.8) is 0 Å². The summed E-state index contributed by atoms with van der Waals surface area (Å²) >= 11 is 0. The molecule has 0 aliphatic heterocycles. The second kappa shape index (κ2) is 74.5. The van der Waals surface area contributed by atoms with Crippen molar-refractivity contribution in [3.8, 4) is 0 Å². The predicted octanol–water partition coefficient (Wildman–Crippen LogP) is 25.4. The summed E-state index contributed by atoms with van der Waals surface area (Å²) in [4.78, 5) is 24.6. The summed E-state index contributed by atoms with van der Waals surface area (Å²) in [5, 5.41) is 23.2. The molecule has 6 heteroatoms. The molecule has 0 aromatic heterocycles. The highest BCUT2D eigenvalue weighted by atomic mass is 16.5. The minimum absolute atomic E-state index is 0.0186. The summed E-state index contributed by atoms with van der Waals surface area (Å²) in [7, 11) is 0. The average Bonchev–Trinajstić information content (AvgIpc) is 3.51. The van der Waals surface area contributed by atoms with Gasteiger partial charge in [0.1, 0.15) is 0 Å². The molecule has 0 spiro atoms. The Morgan fingerprint density at radius 3 is 0.894 bits per heavy atom. The fraction of sp³-hybridized carbons (Fsp3) is 0.899. The first-order valence-electron chi connectivity index (χ1n) is 38.8. The number of amides is 1. The van der Waals surface area contributed by atoms with E-state index in [1.807, 2.05) is 6.08 Å². The molecule has 0 aromatic rings. The van der Waals surface area contributed by atoms with Gasteiger partial charge in [-0.3, -0.25) is 9.59 Å². The number of ether oxygens (including phenoxy) is 1. The Bertz CT molecular complexity index is 1380. The molecule has 85 heavy (non-hydrogen) atoms. The third-order valence-electron chi connectivity index (χ3n) is 18.2. The van der Waals surface area contributed by atoms with Gasteiger partial charge in [-0.2, -0.15) is 0 Å². The van der Waals surface area contributed by atoms with Crippen LogP contribution in [-0.4, -0.2) is 47.4 Å². The second-order valence-corrected chi connectivity index (χ2v) is 26.7. The van der Waals surface area contributed by atoms with Crippen LogP contribution in [0.25, 0.3) is 0 Å². The number of unbranched alkanes of at least 4 members (excludes halogenated alkanes) is 58. The smallest absolute Gasteiger partial charge is 0.305 e. The zero-order valence-electron chi connectivity index (χ0n) is 57.6. The van der Waals surface area contributed by atoms with E-state index in [1.54, 1.807) is 6.08 Å². The molecule has 0 saturated carbocycles. The van der Waals surface area contributed by atoms with E-state index in [2.05, 4.69) is 43.5 Å². The SMILES string of the molecule is CCCCCCCCCCCCCCCCCC/C=C/C(O)C(CO)NC(=O)CCCCCCCCCCCCCCCCCCC/C=C\C/C=C\CCCCCCCCCCCOC(=O)CCCCCCCCCCCCCCCCCCC. The second-order valence-electron chi connectivity index (χ2n) is 26.7. The summed E-state index contributed by atoms with van der Waals surface area (Å²) < 4.78 is 5.51. The Morgan fingerprint density at radius 1 is 0.329 bits per heavy atom. The summed E-state index contributed by atoms with van der Waals surface area (Å²) in [6.45, 7) is 4.95. The lowest BCUT2D eigenvalue weighted by molar-refractivity contribution is -0.143. The minimum atomic E-state index is -0.844. The van der Waals surface area contributed by atoms with Gasteiger partial charge in [0.2, 0.25) is 5.91 Å². The Labute approximate surface area is 532 Å². The van der Waals surface area contributed by atoms with Gasteiger partial charge < -0.3 is 20.3 Å². The van der Waals surface area contributed by atoms with Crippen LogP contribution >= 0.6 is 0 Å². The number of carbonyl (C=O) groups excluding carboxylic acids is 2. The number of nitrogens with one attached hydrogen (secondary N) is 1. The first kappa shape index (κ1) is 83.1. The van der Waals surface area contributed by atoms with Gasteiger partial charge in [-0.15, -0.1) is 0 Å². The van der Waals surface area contributed by atoms with E-state index in [9.17, 15) is 19.8 Å². The highest BCUT2D eigenvalue weighted by molar-refractivity contribution is 5.76. The number of allylic oxidation sites excluding steroid dienone is 5. The van der Waals surface area contributed by atoms with Crippen LogP contribution < -0.4 is 5.32 Å². The Kier molecular flexibility index (Phi) is 72.9. The van der Waals surface area contributed by atoms with Gasteiger partial charge in [-0.25, -0.2) is 0 Å². The molecule has 2 unspecified atom stereocenters. The molecular weight excluding hydrogens is 1040 g/mol. The fourth-order valence-corrected chi connectivity index (χ4v) is 12.3. The van der Waals surface area contributed by atoms with Crippen molar-refractivity contribution in [2.75, 3.05) is 13.2 Å². The largest absolute Gasteiger partial charge is 0.466 e. The van der Waals surface area contributed by atoms with Crippen molar-refractivity contribution in [1.29, 1.82) is 0 Å².